The SMILES string of the molecule is Cn1nnc(Br)c1S(=O)(=O)Nc1ccc(CO)cc1. The summed E-state index contributed by atoms with van der Waals surface area (Å²) in [6, 6.07) is 6.41. The van der Waals surface area contributed by atoms with Crippen molar-refractivity contribution in [1.29, 1.82) is 0 Å². The highest BCUT2D eigenvalue weighted by Crippen LogP contribution is 2.21. The molecule has 0 bridgehead atoms. The largest absolute Gasteiger partial charge is 0.392 e. The van der Waals surface area contributed by atoms with Gasteiger partial charge in [0.05, 0.1) is 6.61 Å². The molecule has 2 aromatic rings. The smallest absolute Gasteiger partial charge is 0.281 e. The monoisotopic (exact) mass is 346 g/mol. The van der Waals surface area contributed by atoms with E-state index in [9.17, 15) is 8.42 Å². The summed E-state index contributed by atoms with van der Waals surface area (Å²) in [6.45, 7) is -0.0930. The van der Waals surface area contributed by atoms with Crippen molar-refractivity contribution >= 4 is 31.6 Å². The van der Waals surface area contributed by atoms with Crippen molar-refractivity contribution in [3.63, 3.8) is 0 Å². The van der Waals surface area contributed by atoms with Gasteiger partial charge in [-0.2, -0.15) is 8.42 Å². The first-order valence-electron chi connectivity index (χ1n) is 5.22. The van der Waals surface area contributed by atoms with E-state index in [-0.39, 0.29) is 16.2 Å². The molecule has 0 saturated carbocycles. The van der Waals surface area contributed by atoms with Gasteiger partial charge in [0.25, 0.3) is 10.0 Å². The molecule has 0 aliphatic rings. The molecule has 0 amide bonds. The van der Waals surface area contributed by atoms with Gasteiger partial charge in [-0.05, 0) is 33.6 Å². The predicted molar refractivity (Wildman–Crippen MR) is 71.9 cm³/mol. The van der Waals surface area contributed by atoms with Gasteiger partial charge in [0.15, 0.2) is 4.60 Å². The Morgan fingerprint density at radius 1 is 1.37 bits per heavy atom. The highest BCUT2D eigenvalue weighted by molar-refractivity contribution is 9.10. The molecule has 1 aromatic heterocycles. The van der Waals surface area contributed by atoms with Crippen LogP contribution in [0.5, 0.6) is 0 Å². The van der Waals surface area contributed by atoms with Gasteiger partial charge in [0.1, 0.15) is 0 Å². The molecule has 0 unspecified atom stereocenters. The van der Waals surface area contributed by atoms with Crippen LogP contribution in [-0.4, -0.2) is 28.5 Å². The Morgan fingerprint density at radius 2 is 2.00 bits per heavy atom. The minimum atomic E-state index is -3.77. The molecule has 9 heteroatoms. The van der Waals surface area contributed by atoms with Crippen molar-refractivity contribution in [1.82, 2.24) is 15.0 Å². The molecule has 1 heterocycles. The quantitative estimate of drug-likeness (QED) is 0.856. The number of nitrogens with zero attached hydrogens (tertiary/aromatic N) is 3. The number of benzene rings is 1. The fourth-order valence-corrected chi connectivity index (χ4v) is 3.65. The average Bonchev–Trinajstić information content (AvgIpc) is 2.70. The second-order valence-electron chi connectivity index (χ2n) is 3.77. The number of rotatable bonds is 4. The van der Waals surface area contributed by atoms with Gasteiger partial charge in [-0.15, -0.1) is 5.10 Å². The van der Waals surface area contributed by atoms with Gasteiger partial charge in [-0.25, -0.2) is 4.68 Å². The van der Waals surface area contributed by atoms with E-state index in [2.05, 4.69) is 31.0 Å². The third kappa shape index (κ3) is 2.94. The number of hydrogen-bond donors (Lipinski definition) is 2. The van der Waals surface area contributed by atoms with Crippen LogP contribution in [0.25, 0.3) is 0 Å². The lowest BCUT2D eigenvalue weighted by atomic mass is 10.2. The maximum atomic E-state index is 12.2. The molecule has 102 valence electrons. The molecule has 0 atom stereocenters. The first-order valence-corrected chi connectivity index (χ1v) is 7.49. The molecule has 2 rings (SSSR count). The summed E-state index contributed by atoms with van der Waals surface area (Å²) in [7, 11) is -2.29. The Balaban J connectivity index is 2.31. The normalized spacial score (nSPS) is 11.5. The summed E-state index contributed by atoms with van der Waals surface area (Å²) >= 11 is 3.04. The molecular formula is C10H11BrN4O3S. The van der Waals surface area contributed by atoms with Crippen molar-refractivity contribution in [3.8, 4) is 0 Å². The van der Waals surface area contributed by atoms with Gasteiger partial charge in [-0.3, -0.25) is 4.72 Å². The van der Waals surface area contributed by atoms with Crippen molar-refractivity contribution in [3.05, 3.63) is 34.4 Å². The fraction of sp³-hybridized carbons (Fsp3) is 0.200. The van der Waals surface area contributed by atoms with E-state index in [1.807, 2.05) is 0 Å². The second kappa shape index (κ2) is 5.27. The van der Waals surface area contributed by atoms with E-state index < -0.39 is 10.0 Å². The van der Waals surface area contributed by atoms with Gasteiger partial charge >= 0.3 is 0 Å². The summed E-state index contributed by atoms with van der Waals surface area (Å²) in [5, 5.41) is 16.1. The van der Waals surface area contributed by atoms with Crippen LogP contribution < -0.4 is 4.72 Å². The lowest BCUT2D eigenvalue weighted by Gasteiger charge is -2.08. The van der Waals surface area contributed by atoms with Crippen molar-refractivity contribution < 1.29 is 13.5 Å². The molecule has 0 aliphatic carbocycles. The van der Waals surface area contributed by atoms with E-state index in [0.29, 0.717) is 11.3 Å². The summed E-state index contributed by atoms with van der Waals surface area (Å²) in [4.78, 5) is 0. The molecule has 0 saturated heterocycles. The number of aromatic nitrogens is 3. The third-order valence-electron chi connectivity index (χ3n) is 2.38. The van der Waals surface area contributed by atoms with E-state index in [0.717, 1.165) is 4.68 Å². The van der Waals surface area contributed by atoms with Crippen LogP contribution in [-0.2, 0) is 23.7 Å². The van der Waals surface area contributed by atoms with Gasteiger partial charge in [0, 0.05) is 12.7 Å². The fourth-order valence-electron chi connectivity index (χ4n) is 1.49. The maximum Gasteiger partial charge on any atom is 0.281 e. The molecule has 0 spiro atoms. The highest BCUT2D eigenvalue weighted by atomic mass is 79.9. The first-order chi connectivity index (χ1) is 8.94. The molecule has 0 aliphatic heterocycles. The number of nitrogens with one attached hydrogen (secondary N) is 1. The molecule has 1 aromatic carbocycles. The molecule has 2 N–H and O–H groups in total. The van der Waals surface area contributed by atoms with Gasteiger partial charge in [-0.1, -0.05) is 17.3 Å². The molecule has 0 radical (unpaired) electrons. The van der Waals surface area contributed by atoms with Crippen LogP contribution in [0.15, 0.2) is 33.9 Å². The Labute approximate surface area is 118 Å². The zero-order valence-corrected chi connectivity index (χ0v) is 12.3. The van der Waals surface area contributed by atoms with Crippen molar-refractivity contribution in [2.75, 3.05) is 4.72 Å². The van der Waals surface area contributed by atoms with Crippen LogP contribution in [0.4, 0.5) is 5.69 Å². The maximum absolute atomic E-state index is 12.2. The minimum Gasteiger partial charge on any atom is -0.392 e. The zero-order valence-electron chi connectivity index (χ0n) is 9.91. The molecule has 0 fully saturated rings. The number of hydrogen-bond acceptors (Lipinski definition) is 5. The lowest BCUT2D eigenvalue weighted by Crippen LogP contribution is -2.17. The topological polar surface area (TPSA) is 97.1 Å². The molecule has 7 nitrogen and oxygen atoms in total. The molecule has 19 heavy (non-hydrogen) atoms. The Bertz CT molecular complexity index is 662. The zero-order chi connectivity index (χ0) is 14.0. The van der Waals surface area contributed by atoms with Gasteiger partial charge < -0.3 is 5.11 Å². The van der Waals surface area contributed by atoms with Crippen molar-refractivity contribution in [2.24, 2.45) is 7.05 Å². The van der Waals surface area contributed by atoms with E-state index in [4.69, 9.17) is 5.11 Å². The van der Waals surface area contributed by atoms with Crippen LogP contribution in [0.1, 0.15) is 5.56 Å². The standard InChI is InChI=1S/C10H11BrN4O3S/c1-15-10(9(11)12-14-15)19(17,18)13-8-4-2-7(6-16)3-5-8/h2-5,13,16H,6H2,1H3. The Morgan fingerprint density at radius 3 is 2.47 bits per heavy atom. The van der Waals surface area contributed by atoms with Crippen molar-refractivity contribution in [2.45, 2.75) is 11.6 Å². The minimum absolute atomic E-state index is 0.0567. The predicted octanol–water partition coefficient (Wildman–Crippen LogP) is 0.871. The van der Waals surface area contributed by atoms with Crippen LogP contribution in [0, 0.1) is 0 Å². The number of aryl methyl sites for hydroxylation is 1. The number of sulfonamides is 1. The van der Waals surface area contributed by atoms with Crippen LogP contribution in [0.2, 0.25) is 0 Å². The highest BCUT2D eigenvalue weighted by Gasteiger charge is 2.23. The number of halogens is 1. The number of aliphatic hydroxyl groups is 1. The summed E-state index contributed by atoms with van der Waals surface area (Å²) in [6.07, 6.45) is 0. The van der Waals surface area contributed by atoms with E-state index >= 15 is 0 Å². The Kier molecular flexibility index (Phi) is 3.88. The third-order valence-corrected chi connectivity index (χ3v) is 4.65. The number of aliphatic hydroxyl groups excluding tert-OH is 1. The first kappa shape index (κ1) is 14.0. The van der Waals surface area contributed by atoms with E-state index in [1.54, 1.807) is 24.3 Å². The lowest BCUT2D eigenvalue weighted by molar-refractivity contribution is 0.282. The second-order valence-corrected chi connectivity index (χ2v) is 6.12. The number of anilines is 1. The summed E-state index contributed by atoms with van der Waals surface area (Å²) < 4.78 is 28.1. The van der Waals surface area contributed by atoms with E-state index in [1.165, 1.54) is 7.05 Å². The van der Waals surface area contributed by atoms with Crippen LogP contribution in [0.3, 0.4) is 0 Å². The average molecular weight is 347 g/mol. The molecular weight excluding hydrogens is 336 g/mol. The van der Waals surface area contributed by atoms with Crippen LogP contribution >= 0.6 is 15.9 Å². The summed E-state index contributed by atoms with van der Waals surface area (Å²) in [5.74, 6) is 0. The Hall–Kier alpha value is -1.45. The van der Waals surface area contributed by atoms with Gasteiger partial charge in [0.2, 0.25) is 5.03 Å². The summed E-state index contributed by atoms with van der Waals surface area (Å²) in [5.41, 5.74) is 1.09.